The summed E-state index contributed by atoms with van der Waals surface area (Å²) in [7, 11) is 0. The van der Waals surface area contributed by atoms with E-state index in [1.165, 1.54) is 5.56 Å². The van der Waals surface area contributed by atoms with Crippen LogP contribution in [0.5, 0.6) is 5.75 Å². The Morgan fingerprint density at radius 2 is 1.85 bits per heavy atom. The van der Waals surface area contributed by atoms with Crippen LogP contribution in [0.25, 0.3) is 10.9 Å². The number of nitrogens with one attached hydrogen (secondary N) is 1. The van der Waals surface area contributed by atoms with Crippen molar-refractivity contribution in [2.45, 2.75) is 25.8 Å². The molecule has 0 radical (unpaired) electrons. The first-order valence-electron chi connectivity index (χ1n) is 11.8. The van der Waals surface area contributed by atoms with Crippen LogP contribution in [0.3, 0.4) is 0 Å². The number of carbonyl (C=O) groups is 1. The number of nitrogens with zero attached hydrogens (tertiary/aromatic N) is 2. The summed E-state index contributed by atoms with van der Waals surface area (Å²) in [5, 5.41) is 3.80. The monoisotopic (exact) mass is 455 g/mol. The molecule has 1 fully saturated rings. The van der Waals surface area contributed by atoms with Gasteiger partial charge in [-0.2, -0.15) is 0 Å². The quantitative estimate of drug-likeness (QED) is 0.406. The van der Waals surface area contributed by atoms with E-state index in [4.69, 9.17) is 14.1 Å². The number of anilines is 1. The summed E-state index contributed by atoms with van der Waals surface area (Å²) in [5.41, 5.74) is 2.20. The van der Waals surface area contributed by atoms with E-state index in [2.05, 4.69) is 52.7 Å². The second kappa shape index (κ2) is 10.4. The molecular formula is C28H29N3O3. The number of pyridine rings is 1. The lowest BCUT2D eigenvalue weighted by atomic mass is 9.90. The summed E-state index contributed by atoms with van der Waals surface area (Å²) >= 11 is 0. The molecule has 6 heteroatoms. The molecule has 1 amide bonds. The van der Waals surface area contributed by atoms with Crippen LogP contribution in [-0.4, -0.2) is 30.6 Å². The topological polar surface area (TPSA) is 67.6 Å². The summed E-state index contributed by atoms with van der Waals surface area (Å²) < 4.78 is 11.1. The Morgan fingerprint density at radius 1 is 1.00 bits per heavy atom. The predicted molar refractivity (Wildman–Crippen MR) is 133 cm³/mol. The van der Waals surface area contributed by atoms with E-state index >= 15 is 0 Å². The number of piperidine rings is 1. The van der Waals surface area contributed by atoms with Gasteiger partial charge in [-0.25, -0.2) is 4.98 Å². The highest BCUT2D eigenvalue weighted by atomic mass is 16.5. The third kappa shape index (κ3) is 5.39. The highest BCUT2D eigenvalue weighted by molar-refractivity contribution is 5.86. The zero-order valence-electron chi connectivity index (χ0n) is 19.2. The van der Waals surface area contributed by atoms with E-state index < -0.39 is 0 Å². The molecule has 1 saturated heterocycles. The van der Waals surface area contributed by atoms with Crippen LogP contribution >= 0.6 is 0 Å². The summed E-state index contributed by atoms with van der Waals surface area (Å²) in [4.78, 5) is 19.5. The predicted octanol–water partition coefficient (Wildman–Crippen LogP) is 4.98. The number of carbonyl (C=O) groups excluding carboxylic acids is 1. The number of ether oxygens (including phenoxy) is 1. The van der Waals surface area contributed by atoms with Gasteiger partial charge in [0.2, 0.25) is 0 Å². The zero-order chi connectivity index (χ0) is 23.2. The first kappa shape index (κ1) is 22.0. The molecule has 2 aromatic heterocycles. The summed E-state index contributed by atoms with van der Waals surface area (Å²) in [6.07, 6.45) is 5.04. The third-order valence-electron chi connectivity index (χ3n) is 6.37. The average molecular weight is 456 g/mol. The Hall–Kier alpha value is -3.80. The van der Waals surface area contributed by atoms with Crippen LogP contribution in [0.1, 0.15) is 24.2 Å². The van der Waals surface area contributed by atoms with Gasteiger partial charge in [0.25, 0.3) is 5.91 Å². The molecule has 5 rings (SSSR count). The molecule has 1 aliphatic heterocycles. The lowest BCUT2D eigenvalue weighted by molar-refractivity contribution is -0.123. The minimum Gasteiger partial charge on any atom is -0.481 e. The van der Waals surface area contributed by atoms with Gasteiger partial charge in [0, 0.05) is 18.5 Å². The Morgan fingerprint density at radius 3 is 2.65 bits per heavy atom. The largest absolute Gasteiger partial charge is 0.481 e. The second-order valence-corrected chi connectivity index (χ2v) is 8.76. The van der Waals surface area contributed by atoms with Crippen LogP contribution in [-0.2, 0) is 17.8 Å². The van der Waals surface area contributed by atoms with Crippen molar-refractivity contribution in [3.63, 3.8) is 0 Å². The molecule has 0 unspecified atom stereocenters. The van der Waals surface area contributed by atoms with Gasteiger partial charge in [-0.1, -0.05) is 42.5 Å². The Labute approximate surface area is 199 Å². The van der Waals surface area contributed by atoms with Crippen molar-refractivity contribution in [3.05, 3.63) is 90.4 Å². The van der Waals surface area contributed by atoms with Gasteiger partial charge in [-0.3, -0.25) is 4.79 Å². The normalized spacial score (nSPS) is 14.3. The van der Waals surface area contributed by atoms with E-state index in [1.54, 1.807) is 12.3 Å². The van der Waals surface area contributed by atoms with Crippen molar-refractivity contribution in [1.82, 2.24) is 10.3 Å². The number of hydrogen-bond acceptors (Lipinski definition) is 5. The number of rotatable bonds is 8. The number of furan rings is 1. The summed E-state index contributed by atoms with van der Waals surface area (Å²) in [6, 6.07) is 24.3. The smallest absolute Gasteiger partial charge is 0.258 e. The number of benzene rings is 2. The minimum absolute atomic E-state index is 0.0728. The summed E-state index contributed by atoms with van der Waals surface area (Å²) in [6.45, 7) is 2.26. The van der Waals surface area contributed by atoms with Crippen LogP contribution in [0.15, 0.2) is 83.5 Å². The average Bonchev–Trinajstić information content (AvgIpc) is 3.41. The molecular weight excluding hydrogens is 426 g/mol. The molecule has 0 saturated carbocycles. The summed E-state index contributed by atoms with van der Waals surface area (Å²) in [5.74, 6) is 2.79. The third-order valence-corrected chi connectivity index (χ3v) is 6.37. The van der Waals surface area contributed by atoms with E-state index in [-0.39, 0.29) is 12.5 Å². The fraction of sp³-hybridized carbons (Fsp3) is 0.286. The van der Waals surface area contributed by atoms with Gasteiger partial charge in [-0.05, 0) is 61.1 Å². The van der Waals surface area contributed by atoms with Crippen molar-refractivity contribution in [3.8, 4) is 5.75 Å². The number of aromatic nitrogens is 1. The van der Waals surface area contributed by atoms with Gasteiger partial charge in [0.05, 0.1) is 12.8 Å². The van der Waals surface area contributed by atoms with Gasteiger partial charge in [-0.15, -0.1) is 0 Å². The maximum atomic E-state index is 12.2. The minimum atomic E-state index is -0.204. The SMILES string of the molecule is O=C(COc1cccc2ccc(N3CCC(Cc4ccccc4)CC3)nc12)NCc1ccco1. The number of fused-ring (bicyclic) bond motifs is 1. The van der Waals surface area contributed by atoms with Crippen molar-refractivity contribution in [2.24, 2.45) is 5.92 Å². The second-order valence-electron chi connectivity index (χ2n) is 8.76. The van der Waals surface area contributed by atoms with Gasteiger partial charge >= 0.3 is 0 Å². The molecule has 4 aromatic rings. The first-order valence-corrected chi connectivity index (χ1v) is 11.8. The molecule has 0 aliphatic carbocycles. The van der Waals surface area contributed by atoms with Crippen LogP contribution < -0.4 is 15.0 Å². The molecule has 1 N–H and O–H groups in total. The van der Waals surface area contributed by atoms with Gasteiger partial charge in [0.15, 0.2) is 6.61 Å². The standard InChI is InChI=1S/C28H29N3O3/c32-27(29-19-24-9-5-17-33-24)20-34-25-10-4-8-23-11-12-26(30-28(23)25)31-15-13-22(14-16-31)18-21-6-2-1-3-7-21/h1-12,17,22H,13-16,18-20H2,(H,29,32). The molecule has 0 atom stereocenters. The Balaban J connectivity index is 1.21. The van der Waals surface area contributed by atoms with Crippen LogP contribution in [0.2, 0.25) is 0 Å². The maximum Gasteiger partial charge on any atom is 0.258 e. The highest BCUT2D eigenvalue weighted by Gasteiger charge is 2.21. The van der Waals surface area contributed by atoms with Crippen molar-refractivity contribution in [2.75, 3.05) is 24.6 Å². The van der Waals surface area contributed by atoms with E-state index in [9.17, 15) is 4.79 Å². The Bertz CT molecular complexity index is 1220. The van der Waals surface area contributed by atoms with Crippen molar-refractivity contribution >= 4 is 22.6 Å². The van der Waals surface area contributed by atoms with Crippen LogP contribution in [0, 0.1) is 5.92 Å². The van der Waals surface area contributed by atoms with Crippen LogP contribution in [0.4, 0.5) is 5.82 Å². The van der Waals surface area contributed by atoms with E-state index in [1.807, 2.05) is 24.3 Å². The lowest BCUT2D eigenvalue weighted by Crippen LogP contribution is -2.34. The number of para-hydroxylation sites is 1. The molecule has 174 valence electrons. The highest BCUT2D eigenvalue weighted by Crippen LogP contribution is 2.29. The molecule has 2 aromatic carbocycles. The lowest BCUT2D eigenvalue weighted by Gasteiger charge is -2.33. The first-order chi connectivity index (χ1) is 16.7. The Kier molecular flexibility index (Phi) is 6.75. The fourth-order valence-corrected chi connectivity index (χ4v) is 4.51. The number of amides is 1. The molecule has 34 heavy (non-hydrogen) atoms. The van der Waals surface area contributed by atoms with E-state index in [0.717, 1.165) is 49.1 Å². The fourth-order valence-electron chi connectivity index (χ4n) is 4.51. The van der Waals surface area contributed by atoms with Gasteiger partial charge in [0.1, 0.15) is 22.8 Å². The number of hydrogen-bond donors (Lipinski definition) is 1. The van der Waals surface area contributed by atoms with Crippen molar-refractivity contribution < 1.29 is 13.9 Å². The van der Waals surface area contributed by atoms with Crippen molar-refractivity contribution in [1.29, 1.82) is 0 Å². The molecule has 0 bridgehead atoms. The van der Waals surface area contributed by atoms with E-state index in [0.29, 0.717) is 24.0 Å². The van der Waals surface area contributed by atoms with Gasteiger partial charge < -0.3 is 19.4 Å². The maximum absolute atomic E-state index is 12.2. The molecule has 1 aliphatic rings. The molecule has 6 nitrogen and oxygen atoms in total. The molecule has 0 spiro atoms. The zero-order valence-corrected chi connectivity index (χ0v) is 19.2. The molecule has 3 heterocycles.